The van der Waals surface area contributed by atoms with E-state index in [4.69, 9.17) is 16.3 Å². The number of carbonyl (C=O) groups excluding carboxylic acids is 1. The topological polar surface area (TPSA) is 76.5 Å². The van der Waals surface area contributed by atoms with Gasteiger partial charge in [-0.1, -0.05) is 41.9 Å². The number of ether oxygens (including phenoxy) is 1. The molecule has 0 atom stereocenters. The molecule has 33 heavy (non-hydrogen) atoms. The molecule has 0 unspecified atom stereocenters. The van der Waals surface area contributed by atoms with Crippen molar-refractivity contribution in [2.24, 2.45) is 0 Å². The third-order valence-electron chi connectivity index (χ3n) is 5.71. The second kappa shape index (κ2) is 10.5. The van der Waals surface area contributed by atoms with Crippen LogP contribution in [0.2, 0.25) is 5.02 Å². The molecular weight excluding hydrogens is 440 g/mol. The van der Waals surface area contributed by atoms with E-state index in [-0.39, 0.29) is 22.5 Å². The van der Waals surface area contributed by atoms with Crippen LogP contribution in [0.3, 0.4) is 0 Å². The number of amides is 1. The van der Waals surface area contributed by atoms with E-state index in [0.29, 0.717) is 37.5 Å². The lowest BCUT2D eigenvalue weighted by Crippen LogP contribution is -2.42. The van der Waals surface area contributed by atoms with Crippen LogP contribution in [-0.4, -0.2) is 46.3 Å². The van der Waals surface area contributed by atoms with Gasteiger partial charge in [0.25, 0.3) is 11.5 Å². The van der Waals surface area contributed by atoms with E-state index in [0.717, 1.165) is 24.2 Å². The highest BCUT2D eigenvalue weighted by molar-refractivity contribution is 6.32. The highest BCUT2D eigenvalue weighted by Gasteiger charge is 2.24. The predicted octanol–water partition coefficient (Wildman–Crippen LogP) is 4.06. The van der Waals surface area contributed by atoms with E-state index in [9.17, 15) is 9.59 Å². The minimum absolute atomic E-state index is 0.0136. The molecule has 1 fully saturated rings. The van der Waals surface area contributed by atoms with Crippen LogP contribution in [0.15, 0.2) is 65.6 Å². The van der Waals surface area contributed by atoms with Crippen molar-refractivity contribution in [3.63, 3.8) is 0 Å². The quantitative estimate of drug-likeness (QED) is 0.568. The van der Waals surface area contributed by atoms with Gasteiger partial charge in [0.05, 0.1) is 25.0 Å². The Morgan fingerprint density at radius 2 is 1.82 bits per heavy atom. The van der Waals surface area contributed by atoms with Crippen LogP contribution in [0.25, 0.3) is 0 Å². The summed E-state index contributed by atoms with van der Waals surface area (Å²) in [6.07, 6.45) is 3.11. The summed E-state index contributed by atoms with van der Waals surface area (Å²) in [6.45, 7) is 4.14. The molecule has 0 bridgehead atoms. The lowest BCUT2D eigenvalue weighted by Gasteiger charge is -2.33. The third-order valence-corrected chi connectivity index (χ3v) is 6.08. The highest BCUT2D eigenvalue weighted by Crippen LogP contribution is 2.22. The van der Waals surface area contributed by atoms with E-state index in [2.05, 4.69) is 10.4 Å². The largest absolute Gasteiger partial charge is 0.494 e. The number of likely N-dealkylation sites (tertiary alicyclic amines) is 1. The first-order chi connectivity index (χ1) is 16.0. The zero-order valence-corrected chi connectivity index (χ0v) is 19.3. The normalized spacial score (nSPS) is 14.2. The maximum absolute atomic E-state index is 12.8. The standard InChI is InChI=1S/C25H27ClN4O3/c1-2-33-21-10-8-19(9-11-21)24(31)29-14-12-20(13-15-29)28-22-16-27-30(25(32)23(22)26)17-18-6-4-3-5-7-18/h3-11,16,20,28H,2,12-15,17H2,1H3. The second-order valence-electron chi connectivity index (χ2n) is 7.99. The maximum Gasteiger partial charge on any atom is 0.287 e. The van der Waals surface area contributed by atoms with Gasteiger partial charge in [-0.2, -0.15) is 5.10 Å². The van der Waals surface area contributed by atoms with Crippen molar-refractivity contribution in [2.45, 2.75) is 32.4 Å². The van der Waals surface area contributed by atoms with Gasteiger partial charge in [-0.3, -0.25) is 9.59 Å². The minimum atomic E-state index is -0.325. The average Bonchev–Trinajstić information content (AvgIpc) is 2.85. The zero-order chi connectivity index (χ0) is 23.2. The molecule has 1 aromatic heterocycles. The second-order valence-corrected chi connectivity index (χ2v) is 8.37. The van der Waals surface area contributed by atoms with Gasteiger partial charge in [-0.15, -0.1) is 0 Å². The molecule has 0 aliphatic carbocycles. The summed E-state index contributed by atoms with van der Waals surface area (Å²) >= 11 is 6.37. The number of nitrogens with zero attached hydrogens (tertiary/aromatic N) is 3. The van der Waals surface area contributed by atoms with Gasteiger partial charge < -0.3 is 15.0 Å². The van der Waals surface area contributed by atoms with Crippen LogP contribution >= 0.6 is 11.6 Å². The van der Waals surface area contributed by atoms with Gasteiger partial charge in [0, 0.05) is 24.7 Å². The molecule has 2 aromatic carbocycles. The Hall–Kier alpha value is -3.32. The Bertz CT molecular complexity index is 1140. The van der Waals surface area contributed by atoms with E-state index in [1.54, 1.807) is 18.3 Å². The van der Waals surface area contributed by atoms with Gasteiger partial charge in [0.15, 0.2) is 0 Å². The van der Waals surface area contributed by atoms with Crippen molar-refractivity contribution >= 4 is 23.2 Å². The fourth-order valence-corrected chi connectivity index (χ4v) is 4.13. The van der Waals surface area contributed by atoms with Gasteiger partial charge in [0.2, 0.25) is 0 Å². The number of piperidine rings is 1. The maximum atomic E-state index is 12.8. The molecular formula is C25H27ClN4O3. The van der Waals surface area contributed by atoms with Crippen molar-refractivity contribution in [2.75, 3.05) is 25.0 Å². The molecule has 2 heterocycles. The van der Waals surface area contributed by atoms with Crippen LogP contribution in [0.5, 0.6) is 5.75 Å². The van der Waals surface area contributed by atoms with Crippen molar-refractivity contribution in [1.82, 2.24) is 14.7 Å². The molecule has 1 amide bonds. The van der Waals surface area contributed by atoms with Gasteiger partial charge in [-0.05, 0) is 49.6 Å². The van der Waals surface area contributed by atoms with Crippen LogP contribution in [0, 0.1) is 0 Å². The fraction of sp³-hybridized carbons (Fsp3) is 0.320. The lowest BCUT2D eigenvalue weighted by molar-refractivity contribution is 0.0718. The third kappa shape index (κ3) is 5.54. The summed E-state index contributed by atoms with van der Waals surface area (Å²) in [7, 11) is 0. The molecule has 0 spiro atoms. The number of hydrogen-bond acceptors (Lipinski definition) is 5. The van der Waals surface area contributed by atoms with Crippen LogP contribution in [-0.2, 0) is 6.54 Å². The van der Waals surface area contributed by atoms with Crippen LogP contribution < -0.4 is 15.6 Å². The molecule has 4 rings (SSSR count). The Morgan fingerprint density at radius 1 is 1.12 bits per heavy atom. The van der Waals surface area contributed by atoms with Gasteiger partial charge >= 0.3 is 0 Å². The minimum Gasteiger partial charge on any atom is -0.494 e. The fourth-order valence-electron chi connectivity index (χ4n) is 3.92. The average molecular weight is 467 g/mol. The SMILES string of the molecule is CCOc1ccc(C(=O)N2CCC(Nc3cnn(Cc4ccccc4)c(=O)c3Cl)CC2)cc1. The molecule has 1 aliphatic heterocycles. The number of nitrogens with one attached hydrogen (secondary N) is 1. The summed E-state index contributed by atoms with van der Waals surface area (Å²) in [4.78, 5) is 27.3. The smallest absolute Gasteiger partial charge is 0.287 e. The molecule has 1 saturated heterocycles. The number of anilines is 1. The zero-order valence-electron chi connectivity index (χ0n) is 18.5. The summed E-state index contributed by atoms with van der Waals surface area (Å²) in [5.74, 6) is 0.771. The predicted molar refractivity (Wildman–Crippen MR) is 129 cm³/mol. The van der Waals surface area contributed by atoms with Crippen molar-refractivity contribution in [1.29, 1.82) is 0 Å². The van der Waals surface area contributed by atoms with Crippen molar-refractivity contribution in [3.05, 3.63) is 87.3 Å². The van der Waals surface area contributed by atoms with Gasteiger partial charge in [-0.25, -0.2) is 4.68 Å². The molecule has 0 radical (unpaired) electrons. The first-order valence-electron chi connectivity index (χ1n) is 11.1. The molecule has 172 valence electrons. The molecule has 1 N–H and O–H groups in total. The molecule has 3 aromatic rings. The summed E-state index contributed by atoms with van der Waals surface area (Å²) in [5, 5.41) is 7.76. The Balaban J connectivity index is 1.34. The number of aromatic nitrogens is 2. The Labute approximate surface area is 197 Å². The van der Waals surface area contributed by atoms with Gasteiger partial charge in [0.1, 0.15) is 10.8 Å². The van der Waals surface area contributed by atoms with Crippen molar-refractivity contribution < 1.29 is 9.53 Å². The molecule has 0 saturated carbocycles. The van der Waals surface area contributed by atoms with Crippen molar-refractivity contribution in [3.8, 4) is 5.75 Å². The van der Waals surface area contributed by atoms with E-state index < -0.39 is 0 Å². The number of halogens is 1. The molecule has 1 aliphatic rings. The van der Waals surface area contributed by atoms with E-state index >= 15 is 0 Å². The number of benzene rings is 2. The Morgan fingerprint density at radius 3 is 2.48 bits per heavy atom. The number of hydrogen-bond donors (Lipinski definition) is 1. The molecule has 8 heteroatoms. The first-order valence-corrected chi connectivity index (χ1v) is 11.5. The summed E-state index contributed by atoms with van der Waals surface area (Å²) in [5.41, 5.74) is 1.84. The van der Waals surface area contributed by atoms with Crippen LogP contribution in [0.4, 0.5) is 5.69 Å². The highest BCUT2D eigenvalue weighted by atomic mass is 35.5. The van der Waals surface area contributed by atoms with Crippen LogP contribution in [0.1, 0.15) is 35.7 Å². The Kier molecular flexibility index (Phi) is 7.29. The monoisotopic (exact) mass is 466 g/mol. The number of carbonyl (C=O) groups is 1. The lowest BCUT2D eigenvalue weighted by atomic mass is 10.0. The summed E-state index contributed by atoms with van der Waals surface area (Å²) in [6, 6.07) is 17.0. The molecule has 7 nitrogen and oxygen atoms in total. The number of rotatable bonds is 7. The van der Waals surface area contributed by atoms with E-state index in [1.807, 2.05) is 54.3 Å². The van der Waals surface area contributed by atoms with E-state index in [1.165, 1.54) is 4.68 Å². The first kappa shape index (κ1) is 22.9. The summed E-state index contributed by atoms with van der Waals surface area (Å²) < 4.78 is 6.80.